The zero-order valence-corrected chi connectivity index (χ0v) is 16.8. The number of nitrogens with zero attached hydrogens (tertiary/aromatic N) is 2. The Hall–Kier alpha value is -3.08. The number of thiol groups is 1. The summed E-state index contributed by atoms with van der Waals surface area (Å²) < 4.78 is 29.9. The van der Waals surface area contributed by atoms with E-state index in [1.54, 1.807) is 30.3 Å². The Morgan fingerprint density at radius 2 is 1.86 bits per heavy atom. The molecule has 11 heteroatoms. The van der Waals surface area contributed by atoms with Crippen molar-refractivity contribution in [3.8, 4) is 5.75 Å². The molecule has 3 aromatic rings. The van der Waals surface area contributed by atoms with Crippen molar-refractivity contribution >= 4 is 51.3 Å². The highest BCUT2D eigenvalue weighted by molar-refractivity contribution is 7.73. The van der Waals surface area contributed by atoms with Crippen molar-refractivity contribution in [2.75, 3.05) is 28.5 Å². The highest BCUT2D eigenvalue weighted by atomic mass is 35.5. The molecule has 5 N–H and O–H groups in total. The fourth-order valence-electron chi connectivity index (χ4n) is 2.40. The number of aromatic nitrogens is 2. The van der Waals surface area contributed by atoms with Crippen molar-refractivity contribution in [3.63, 3.8) is 0 Å². The molecule has 0 fully saturated rings. The third kappa shape index (κ3) is 5.95. The quantitative estimate of drug-likeness (QED) is 0.325. The number of hydrogen-bond donors (Lipinski definition) is 5. The fraction of sp³-hybridized carbons (Fsp3) is 0.111. The lowest BCUT2D eigenvalue weighted by Gasteiger charge is -2.13. The molecule has 0 radical (unpaired) electrons. The number of rotatable bonds is 9. The average Bonchev–Trinajstić information content (AvgIpc) is 2.70. The Kier molecular flexibility index (Phi) is 7.06. The van der Waals surface area contributed by atoms with E-state index in [1.165, 1.54) is 6.20 Å². The lowest BCUT2D eigenvalue weighted by Crippen LogP contribution is -2.10. The maximum Gasteiger partial charge on any atom is 0.229 e. The van der Waals surface area contributed by atoms with Crippen LogP contribution >= 0.6 is 11.6 Å². The van der Waals surface area contributed by atoms with Gasteiger partial charge in [0.1, 0.15) is 17.4 Å². The molecule has 152 valence electrons. The lowest BCUT2D eigenvalue weighted by atomic mass is 10.2. The summed E-state index contributed by atoms with van der Waals surface area (Å²) in [7, 11) is -2.81. The van der Waals surface area contributed by atoms with Gasteiger partial charge in [0.05, 0.1) is 17.6 Å². The van der Waals surface area contributed by atoms with E-state index in [9.17, 15) is 8.42 Å². The minimum atomic E-state index is -2.81. The summed E-state index contributed by atoms with van der Waals surface area (Å²) in [5.41, 5.74) is 7.04. The van der Waals surface area contributed by atoms with Crippen LogP contribution in [0.3, 0.4) is 0 Å². The molecule has 9 nitrogen and oxygen atoms in total. The van der Waals surface area contributed by atoms with Gasteiger partial charge in [-0.2, -0.15) is 4.98 Å². The first kappa shape index (κ1) is 20.6. The molecule has 0 atom stereocenters. The Morgan fingerprint density at radius 3 is 2.62 bits per heavy atom. The number of para-hydroxylation sites is 2. The molecule has 3 rings (SSSR count). The summed E-state index contributed by atoms with van der Waals surface area (Å²) in [5.74, 6) is 1.28. The molecular formula is C18H19ClN6O3S. The minimum absolute atomic E-state index is 0.275. The summed E-state index contributed by atoms with van der Waals surface area (Å²) in [6.45, 7) is 0.835. The van der Waals surface area contributed by atoms with Crippen molar-refractivity contribution in [3.05, 3.63) is 59.8 Å². The number of anilines is 5. The van der Waals surface area contributed by atoms with Crippen LogP contribution in [0.2, 0.25) is 5.02 Å². The van der Waals surface area contributed by atoms with Gasteiger partial charge in [-0.05, 0) is 24.3 Å². The highest BCUT2D eigenvalue weighted by Gasteiger charge is 2.09. The van der Waals surface area contributed by atoms with Gasteiger partial charge < -0.3 is 21.1 Å². The monoisotopic (exact) mass is 434 g/mol. The molecule has 0 aliphatic carbocycles. The predicted molar refractivity (Wildman–Crippen MR) is 115 cm³/mol. The normalized spacial score (nSPS) is 10.6. The van der Waals surface area contributed by atoms with Gasteiger partial charge in [0.15, 0.2) is 5.82 Å². The van der Waals surface area contributed by atoms with Crippen LogP contribution in [-0.4, -0.2) is 31.5 Å². The first-order chi connectivity index (χ1) is 14.0. The van der Waals surface area contributed by atoms with Crippen molar-refractivity contribution in [2.45, 2.75) is 0 Å². The molecule has 1 aromatic heterocycles. The molecule has 0 bridgehead atoms. The maximum absolute atomic E-state index is 11.0. The van der Waals surface area contributed by atoms with Crippen LogP contribution in [0.1, 0.15) is 0 Å². The van der Waals surface area contributed by atoms with Gasteiger partial charge in [-0.1, -0.05) is 29.8 Å². The van der Waals surface area contributed by atoms with Gasteiger partial charge in [-0.15, -0.1) is 0 Å². The number of nitrogens with two attached hydrogens (primary N) is 1. The summed E-state index contributed by atoms with van der Waals surface area (Å²) in [6.07, 6.45) is 1.44. The average molecular weight is 435 g/mol. The molecular weight excluding hydrogens is 416 g/mol. The van der Waals surface area contributed by atoms with E-state index >= 15 is 0 Å². The third-order valence-electron chi connectivity index (χ3n) is 3.61. The molecule has 0 aliphatic heterocycles. The van der Waals surface area contributed by atoms with E-state index in [0.717, 1.165) is 5.69 Å². The molecule has 2 aromatic carbocycles. The predicted octanol–water partition coefficient (Wildman–Crippen LogP) is 2.89. The zero-order valence-electron chi connectivity index (χ0n) is 15.1. The van der Waals surface area contributed by atoms with E-state index in [-0.39, 0.29) is 5.02 Å². The van der Waals surface area contributed by atoms with Crippen LogP contribution in [-0.2, 0) is 10.9 Å². The van der Waals surface area contributed by atoms with E-state index in [1.807, 2.05) is 18.2 Å². The molecule has 1 heterocycles. The zero-order chi connectivity index (χ0) is 20.6. The fourth-order valence-corrected chi connectivity index (χ4v) is 2.93. The van der Waals surface area contributed by atoms with Gasteiger partial charge >= 0.3 is 0 Å². The van der Waals surface area contributed by atoms with Gasteiger partial charge in [-0.3, -0.25) is 4.72 Å². The first-order valence-corrected chi connectivity index (χ1v) is 10.1. The molecule has 0 saturated heterocycles. The summed E-state index contributed by atoms with van der Waals surface area (Å²) in [6, 6.07) is 14.1. The van der Waals surface area contributed by atoms with Crippen LogP contribution in [0.5, 0.6) is 5.75 Å². The van der Waals surface area contributed by atoms with E-state index < -0.39 is 10.9 Å². The van der Waals surface area contributed by atoms with Crippen LogP contribution in [0.4, 0.5) is 28.8 Å². The molecule has 0 spiro atoms. The van der Waals surface area contributed by atoms with Crippen molar-refractivity contribution in [1.29, 1.82) is 0 Å². The smallest absolute Gasteiger partial charge is 0.229 e. The lowest BCUT2D eigenvalue weighted by molar-refractivity contribution is 0.328. The standard InChI is InChI=1S/C18H19ClN6O3S/c19-14-11-21-18(22-12-4-3-5-13(10-12)28-9-8-20)24-17(14)23-15-6-1-2-7-16(15)25-29(26)27/h1-7,10-11,29H,8-9,20H2,(H,25,26,27)(H2,21,22,23,24). The van der Waals surface area contributed by atoms with Crippen LogP contribution in [0.25, 0.3) is 0 Å². The van der Waals surface area contributed by atoms with E-state index in [0.29, 0.717) is 42.0 Å². The Morgan fingerprint density at radius 1 is 1.07 bits per heavy atom. The van der Waals surface area contributed by atoms with Gasteiger partial charge in [0, 0.05) is 18.3 Å². The third-order valence-corrected chi connectivity index (χ3v) is 4.31. The second-order valence-corrected chi connectivity index (χ2v) is 6.86. The maximum atomic E-state index is 11.0. The summed E-state index contributed by atoms with van der Waals surface area (Å²) in [4.78, 5) is 8.54. The van der Waals surface area contributed by atoms with Crippen LogP contribution in [0, 0.1) is 0 Å². The van der Waals surface area contributed by atoms with Gasteiger partial charge in [0.25, 0.3) is 0 Å². The molecule has 0 unspecified atom stereocenters. The molecule has 0 aliphatic rings. The number of hydrogen-bond acceptors (Lipinski definition) is 8. The first-order valence-electron chi connectivity index (χ1n) is 8.55. The number of halogens is 1. The Bertz CT molecular complexity index is 1060. The molecule has 0 amide bonds. The van der Waals surface area contributed by atoms with Crippen molar-refractivity contribution in [2.24, 2.45) is 5.73 Å². The van der Waals surface area contributed by atoms with Crippen molar-refractivity contribution < 1.29 is 13.2 Å². The SMILES string of the molecule is NCCOc1cccc(Nc2ncc(Cl)c(Nc3ccccc3N[SH](=O)=O)n2)c1. The Labute approximate surface area is 174 Å². The second kappa shape index (κ2) is 9.92. The summed E-state index contributed by atoms with van der Waals surface area (Å²) in [5, 5.41) is 6.37. The van der Waals surface area contributed by atoms with E-state index in [4.69, 9.17) is 22.1 Å². The van der Waals surface area contributed by atoms with Gasteiger partial charge in [0.2, 0.25) is 16.8 Å². The molecule has 29 heavy (non-hydrogen) atoms. The second-order valence-electron chi connectivity index (χ2n) is 5.72. The topological polar surface area (TPSA) is 131 Å². The largest absolute Gasteiger partial charge is 0.492 e. The number of nitrogens with one attached hydrogen (secondary N) is 3. The number of benzene rings is 2. The van der Waals surface area contributed by atoms with Crippen LogP contribution in [0.15, 0.2) is 54.7 Å². The van der Waals surface area contributed by atoms with E-state index in [2.05, 4.69) is 25.3 Å². The van der Waals surface area contributed by atoms with Crippen LogP contribution < -0.4 is 25.8 Å². The minimum Gasteiger partial charge on any atom is -0.492 e. The molecule has 0 saturated carbocycles. The number of ether oxygens (including phenoxy) is 1. The Balaban J connectivity index is 1.81. The highest BCUT2D eigenvalue weighted by Crippen LogP contribution is 2.29. The van der Waals surface area contributed by atoms with Gasteiger partial charge in [-0.25, -0.2) is 13.4 Å². The summed E-state index contributed by atoms with van der Waals surface area (Å²) >= 11 is 6.20. The van der Waals surface area contributed by atoms with Crippen molar-refractivity contribution in [1.82, 2.24) is 9.97 Å².